The van der Waals surface area contributed by atoms with E-state index in [0.717, 1.165) is 21.7 Å². The van der Waals surface area contributed by atoms with E-state index in [1.165, 1.54) is 6.08 Å². The third-order valence-corrected chi connectivity index (χ3v) is 2.80. The third kappa shape index (κ3) is 3.72. The number of benzene rings is 1. The van der Waals surface area contributed by atoms with Crippen LogP contribution in [0.4, 0.5) is 0 Å². The van der Waals surface area contributed by atoms with Gasteiger partial charge in [0.15, 0.2) is 0 Å². The molecule has 0 radical (unpaired) electrons. The van der Waals surface area contributed by atoms with Crippen LogP contribution in [-0.2, 0) is 10.2 Å². The quantitative estimate of drug-likeness (QED) is 0.870. The van der Waals surface area contributed by atoms with Gasteiger partial charge in [-0.15, -0.1) is 0 Å². The number of nitriles is 1. The van der Waals surface area contributed by atoms with Crippen LogP contribution >= 0.6 is 15.9 Å². The summed E-state index contributed by atoms with van der Waals surface area (Å²) in [7, 11) is 0. The number of hydrogen-bond acceptors (Lipinski definition) is 2. The summed E-state index contributed by atoms with van der Waals surface area (Å²) in [6, 6.07) is 7.69. The Balaban J connectivity index is 3.21. The lowest BCUT2D eigenvalue weighted by atomic mass is 9.85. The van der Waals surface area contributed by atoms with E-state index < -0.39 is 11.4 Å². The molecule has 0 saturated carbocycles. The molecule has 0 bridgehead atoms. The number of carboxylic acids is 1. The fraction of sp³-hybridized carbons (Fsp3) is 0.231. The van der Waals surface area contributed by atoms with Crippen molar-refractivity contribution in [3.05, 3.63) is 39.9 Å². The predicted octanol–water partition coefficient (Wildman–Crippen LogP) is 3.35. The fourth-order valence-corrected chi connectivity index (χ4v) is 1.81. The summed E-state index contributed by atoms with van der Waals surface area (Å²) < 4.78 is 0.823. The van der Waals surface area contributed by atoms with E-state index in [0.29, 0.717) is 0 Å². The third-order valence-electron chi connectivity index (χ3n) is 2.34. The first kappa shape index (κ1) is 13.5. The highest BCUT2D eigenvalue weighted by Crippen LogP contribution is 2.27. The zero-order valence-corrected chi connectivity index (χ0v) is 11.2. The monoisotopic (exact) mass is 293 g/mol. The highest BCUT2D eigenvalue weighted by atomic mass is 79.9. The molecule has 0 heterocycles. The summed E-state index contributed by atoms with van der Waals surface area (Å²) in [5.41, 5.74) is 0.995. The Morgan fingerprint density at radius 2 is 2.12 bits per heavy atom. The molecular weight excluding hydrogens is 282 g/mol. The Morgan fingerprint density at radius 3 is 2.65 bits per heavy atom. The van der Waals surface area contributed by atoms with E-state index in [4.69, 9.17) is 10.4 Å². The number of carboxylic acid groups (broad SMARTS) is 1. The van der Waals surface area contributed by atoms with Crippen molar-refractivity contribution in [3.8, 4) is 6.07 Å². The molecule has 1 aromatic rings. The average Bonchev–Trinajstić information content (AvgIpc) is 2.25. The van der Waals surface area contributed by atoms with Crippen molar-refractivity contribution in [1.29, 1.82) is 5.26 Å². The highest BCUT2D eigenvalue weighted by Gasteiger charge is 2.20. The molecule has 0 fully saturated rings. The van der Waals surface area contributed by atoms with Crippen LogP contribution in [0.1, 0.15) is 25.0 Å². The summed E-state index contributed by atoms with van der Waals surface area (Å²) in [5.74, 6) is -0.994. The van der Waals surface area contributed by atoms with Gasteiger partial charge in [0, 0.05) is 10.5 Å². The average molecular weight is 294 g/mol. The van der Waals surface area contributed by atoms with Crippen LogP contribution in [0.3, 0.4) is 0 Å². The number of rotatable bonds is 3. The second-order valence-electron chi connectivity index (χ2n) is 4.18. The molecule has 0 aliphatic rings. The van der Waals surface area contributed by atoms with Gasteiger partial charge in [0.2, 0.25) is 0 Å². The molecule has 0 atom stereocenters. The summed E-state index contributed by atoms with van der Waals surface area (Å²) in [4.78, 5) is 10.4. The van der Waals surface area contributed by atoms with Gasteiger partial charge in [-0.05, 0) is 43.2 Å². The molecule has 0 amide bonds. The van der Waals surface area contributed by atoms with Gasteiger partial charge >= 0.3 is 5.97 Å². The van der Waals surface area contributed by atoms with Crippen molar-refractivity contribution in [2.75, 3.05) is 0 Å². The van der Waals surface area contributed by atoms with Crippen molar-refractivity contribution in [3.63, 3.8) is 0 Å². The molecule has 3 nitrogen and oxygen atoms in total. The zero-order valence-electron chi connectivity index (χ0n) is 9.57. The van der Waals surface area contributed by atoms with E-state index in [-0.39, 0.29) is 0 Å². The van der Waals surface area contributed by atoms with Crippen molar-refractivity contribution in [2.45, 2.75) is 19.3 Å². The van der Waals surface area contributed by atoms with Gasteiger partial charge in [-0.1, -0.05) is 22.0 Å². The van der Waals surface area contributed by atoms with E-state index in [1.54, 1.807) is 6.07 Å². The van der Waals surface area contributed by atoms with Gasteiger partial charge in [0.1, 0.15) is 0 Å². The Labute approximate surface area is 109 Å². The lowest BCUT2D eigenvalue weighted by molar-refractivity contribution is -0.131. The van der Waals surface area contributed by atoms with Gasteiger partial charge < -0.3 is 5.11 Å². The van der Waals surface area contributed by atoms with Crippen molar-refractivity contribution in [1.82, 2.24) is 0 Å². The predicted molar refractivity (Wildman–Crippen MR) is 69.5 cm³/mol. The smallest absolute Gasteiger partial charge is 0.328 e. The first-order chi connectivity index (χ1) is 7.85. The largest absolute Gasteiger partial charge is 0.478 e. The maximum Gasteiger partial charge on any atom is 0.328 e. The molecule has 88 valence electrons. The lowest BCUT2D eigenvalue weighted by Gasteiger charge is -2.16. The van der Waals surface area contributed by atoms with E-state index in [2.05, 4.69) is 22.0 Å². The van der Waals surface area contributed by atoms with Crippen LogP contribution < -0.4 is 0 Å². The Hall–Kier alpha value is -1.60. The molecule has 4 heteroatoms. The van der Waals surface area contributed by atoms with E-state index >= 15 is 0 Å². The van der Waals surface area contributed by atoms with Gasteiger partial charge in [-0.3, -0.25) is 0 Å². The van der Waals surface area contributed by atoms with Crippen LogP contribution in [0.15, 0.2) is 28.7 Å². The summed E-state index contributed by atoms with van der Waals surface area (Å²) in [6.45, 7) is 3.64. The Morgan fingerprint density at radius 1 is 1.47 bits per heavy atom. The molecule has 0 aliphatic carbocycles. The topological polar surface area (TPSA) is 61.1 Å². The molecule has 0 spiro atoms. The molecule has 17 heavy (non-hydrogen) atoms. The second-order valence-corrected chi connectivity index (χ2v) is 5.10. The summed E-state index contributed by atoms with van der Waals surface area (Å²) in [5, 5.41) is 17.6. The van der Waals surface area contributed by atoms with E-state index in [9.17, 15) is 4.79 Å². The zero-order chi connectivity index (χ0) is 13.1. The number of aliphatic carboxylic acids is 1. The standard InChI is InChI=1S/C13H12BrNO2/c1-13(2,8-15)10-5-9(3-4-12(16)17)6-11(14)7-10/h3-7H,1-2H3,(H,16,17). The van der Waals surface area contributed by atoms with Crippen LogP contribution in [-0.4, -0.2) is 11.1 Å². The van der Waals surface area contributed by atoms with Gasteiger partial charge in [0.05, 0.1) is 11.5 Å². The maximum atomic E-state index is 10.4. The minimum absolute atomic E-state index is 0.602. The van der Waals surface area contributed by atoms with Crippen molar-refractivity contribution < 1.29 is 9.90 Å². The normalized spacial score (nSPS) is 11.4. The Bertz CT molecular complexity index is 513. The molecule has 0 unspecified atom stereocenters. The maximum absolute atomic E-state index is 10.4. The summed E-state index contributed by atoms with van der Waals surface area (Å²) >= 11 is 3.35. The number of hydrogen-bond donors (Lipinski definition) is 1. The fourth-order valence-electron chi connectivity index (χ4n) is 1.30. The molecule has 0 aromatic heterocycles. The van der Waals surface area contributed by atoms with Crippen LogP contribution in [0.25, 0.3) is 6.08 Å². The molecule has 1 aromatic carbocycles. The van der Waals surface area contributed by atoms with Gasteiger partial charge in [-0.25, -0.2) is 4.79 Å². The summed E-state index contributed by atoms with van der Waals surface area (Å²) in [6.07, 6.45) is 2.58. The number of carbonyl (C=O) groups is 1. The highest BCUT2D eigenvalue weighted by molar-refractivity contribution is 9.10. The molecule has 0 saturated heterocycles. The van der Waals surface area contributed by atoms with Crippen LogP contribution in [0, 0.1) is 11.3 Å². The first-order valence-corrected chi connectivity index (χ1v) is 5.78. The molecule has 1 rings (SSSR count). The van der Waals surface area contributed by atoms with Crippen LogP contribution in [0.2, 0.25) is 0 Å². The van der Waals surface area contributed by atoms with Gasteiger partial charge in [0.25, 0.3) is 0 Å². The van der Waals surface area contributed by atoms with Gasteiger partial charge in [-0.2, -0.15) is 5.26 Å². The van der Waals surface area contributed by atoms with E-state index in [1.807, 2.05) is 26.0 Å². The molecule has 1 N–H and O–H groups in total. The van der Waals surface area contributed by atoms with Crippen LogP contribution in [0.5, 0.6) is 0 Å². The Kier molecular flexibility index (Phi) is 4.08. The molecule has 0 aliphatic heterocycles. The minimum atomic E-state index is -0.994. The number of nitrogens with zero attached hydrogens (tertiary/aromatic N) is 1. The number of halogens is 1. The lowest BCUT2D eigenvalue weighted by Crippen LogP contribution is -2.13. The minimum Gasteiger partial charge on any atom is -0.478 e. The van der Waals surface area contributed by atoms with Crippen molar-refractivity contribution in [2.24, 2.45) is 0 Å². The second kappa shape index (κ2) is 5.15. The van der Waals surface area contributed by atoms with Crippen molar-refractivity contribution >= 4 is 28.0 Å². The SMILES string of the molecule is CC(C)(C#N)c1cc(Br)cc(C=CC(=O)O)c1. The molecular formula is C13H12BrNO2. The first-order valence-electron chi connectivity index (χ1n) is 4.98.